The van der Waals surface area contributed by atoms with Crippen molar-refractivity contribution in [2.45, 2.75) is 13.5 Å². The first-order chi connectivity index (χ1) is 8.68. The summed E-state index contributed by atoms with van der Waals surface area (Å²) in [5.41, 5.74) is 1.35. The Morgan fingerprint density at radius 3 is 2.78 bits per heavy atom. The molecule has 0 aliphatic rings. The summed E-state index contributed by atoms with van der Waals surface area (Å²) in [6.45, 7) is 2.09. The Bertz CT molecular complexity index is 570. The predicted molar refractivity (Wildman–Crippen MR) is 69.1 cm³/mol. The molecule has 0 unspecified atom stereocenters. The third kappa shape index (κ3) is 2.66. The lowest BCUT2D eigenvalue weighted by atomic mass is 10.2. The zero-order valence-corrected chi connectivity index (χ0v) is 10.1. The summed E-state index contributed by atoms with van der Waals surface area (Å²) in [5, 5.41) is 8.80. The Hall–Kier alpha value is -2.36. The zero-order chi connectivity index (χ0) is 13.0. The van der Waals surface area contributed by atoms with Gasteiger partial charge in [-0.25, -0.2) is 9.78 Å². The molecule has 0 atom stereocenters. The molecule has 18 heavy (non-hydrogen) atoms. The van der Waals surface area contributed by atoms with Crippen molar-refractivity contribution < 1.29 is 9.90 Å². The molecule has 0 saturated carbocycles. The SMILES string of the molecule is CC(=CCn1ccnc1-c1ccccc1)C(=O)O. The van der Waals surface area contributed by atoms with Crippen molar-refractivity contribution in [1.29, 1.82) is 0 Å². The van der Waals surface area contributed by atoms with Gasteiger partial charge in [0.15, 0.2) is 0 Å². The van der Waals surface area contributed by atoms with Crippen LogP contribution < -0.4 is 0 Å². The van der Waals surface area contributed by atoms with Crippen LogP contribution in [0.15, 0.2) is 54.4 Å². The Balaban J connectivity index is 2.24. The van der Waals surface area contributed by atoms with Crippen molar-refractivity contribution in [3.63, 3.8) is 0 Å². The van der Waals surface area contributed by atoms with Gasteiger partial charge in [-0.1, -0.05) is 36.4 Å². The van der Waals surface area contributed by atoms with Crippen molar-refractivity contribution in [2.75, 3.05) is 0 Å². The summed E-state index contributed by atoms with van der Waals surface area (Å²) in [6, 6.07) is 9.81. The van der Waals surface area contributed by atoms with Gasteiger partial charge >= 0.3 is 5.97 Å². The number of aromatic nitrogens is 2. The molecule has 0 bridgehead atoms. The minimum Gasteiger partial charge on any atom is -0.478 e. The standard InChI is InChI=1S/C14H14N2O2/c1-11(14(17)18)7-9-16-10-8-15-13(16)12-5-3-2-4-6-12/h2-8,10H,9H2,1H3,(H,17,18). The van der Waals surface area contributed by atoms with Gasteiger partial charge in [0.2, 0.25) is 0 Å². The van der Waals surface area contributed by atoms with Crippen molar-refractivity contribution in [2.24, 2.45) is 0 Å². The average molecular weight is 242 g/mol. The van der Waals surface area contributed by atoms with Gasteiger partial charge in [-0.2, -0.15) is 0 Å². The second-order valence-corrected chi connectivity index (χ2v) is 3.96. The number of aliphatic carboxylic acids is 1. The Kier molecular flexibility index (Phi) is 3.57. The monoisotopic (exact) mass is 242 g/mol. The third-order valence-electron chi connectivity index (χ3n) is 2.68. The molecule has 1 aromatic heterocycles. The zero-order valence-electron chi connectivity index (χ0n) is 10.1. The van der Waals surface area contributed by atoms with Crippen LogP contribution in [0.25, 0.3) is 11.4 Å². The molecule has 92 valence electrons. The molecule has 1 heterocycles. The van der Waals surface area contributed by atoms with E-state index in [4.69, 9.17) is 5.11 Å². The molecule has 0 spiro atoms. The number of rotatable bonds is 4. The summed E-state index contributed by atoms with van der Waals surface area (Å²) < 4.78 is 1.92. The molecule has 0 aliphatic carbocycles. The van der Waals surface area contributed by atoms with E-state index < -0.39 is 5.97 Å². The number of carbonyl (C=O) groups is 1. The maximum atomic E-state index is 10.7. The lowest BCUT2D eigenvalue weighted by Gasteiger charge is -2.05. The molecule has 0 radical (unpaired) electrons. The predicted octanol–water partition coefficient (Wildman–Crippen LogP) is 2.58. The van der Waals surface area contributed by atoms with Crippen LogP contribution in [0.2, 0.25) is 0 Å². The molecule has 2 aromatic rings. The average Bonchev–Trinajstić information content (AvgIpc) is 2.85. The highest BCUT2D eigenvalue weighted by atomic mass is 16.4. The van der Waals surface area contributed by atoms with E-state index in [1.54, 1.807) is 19.2 Å². The largest absolute Gasteiger partial charge is 0.478 e. The van der Waals surface area contributed by atoms with E-state index in [2.05, 4.69) is 4.98 Å². The number of hydrogen-bond acceptors (Lipinski definition) is 2. The number of carboxylic acids is 1. The fourth-order valence-corrected chi connectivity index (χ4v) is 1.63. The number of allylic oxidation sites excluding steroid dienone is 1. The molecule has 2 rings (SSSR count). The molecule has 4 nitrogen and oxygen atoms in total. The second kappa shape index (κ2) is 5.31. The lowest BCUT2D eigenvalue weighted by Crippen LogP contribution is -2.01. The number of imidazole rings is 1. The fraction of sp³-hybridized carbons (Fsp3) is 0.143. The first-order valence-corrected chi connectivity index (χ1v) is 5.65. The number of carboxylic acid groups (broad SMARTS) is 1. The highest BCUT2D eigenvalue weighted by Crippen LogP contribution is 2.16. The molecular formula is C14H14N2O2. The third-order valence-corrected chi connectivity index (χ3v) is 2.68. The van der Waals surface area contributed by atoms with Crippen LogP contribution >= 0.6 is 0 Å². The van der Waals surface area contributed by atoms with Crippen LogP contribution in [0, 0.1) is 0 Å². The van der Waals surface area contributed by atoms with Crippen molar-refractivity contribution in [3.8, 4) is 11.4 Å². The Morgan fingerprint density at radius 1 is 1.39 bits per heavy atom. The smallest absolute Gasteiger partial charge is 0.331 e. The normalized spacial score (nSPS) is 11.5. The maximum Gasteiger partial charge on any atom is 0.331 e. The summed E-state index contributed by atoms with van der Waals surface area (Å²) in [4.78, 5) is 15.0. The van der Waals surface area contributed by atoms with Gasteiger partial charge < -0.3 is 9.67 Å². The molecular weight excluding hydrogens is 228 g/mol. The Labute approximate surface area is 105 Å². The summed E-state index contributed by atoms with van der Waals surface area (Å²) in [6.07, 6.45) is 5.23. The van der Waals surface area contributed by atoms with Gasteiger partial charge in [0, 0.05) is 30.1 Å². The fourth-order valence-electron chi connectivity index (χ4n) is 1.63. The van der Waals surface area contributed by atoms with Gasteiger partial charge in [-0.3, -0.25) is 0 Å². The molecule has 0 aliphatic heterocycles. The lowest BCUT2D eigenvalue weighted by molar-refractivity contribution is -0.132. The molecule has 1 N–H and O–H groups in total. The van der Waals surface area contributed by atoms with Gasteiger partial charge in [0.1, 0.15) is 5.82 Å². The molecule has 0 saturated heterocycles. The quantitative estimate of drug-likeness (QED) is 0.838. The summed E-state index contributed by atoms with van der Waals surface area (Å²) in [7, 11) is 0. The first-order valence-electron chi connectivity index (χ1n) is 5.65. The highest BCUT2D eigenvalue weighted by molar-refractivity contribution is 5.85. The van der Waals surface area contributed by atoms with E-state index in [1.165, 1.54) is 0 Å². The van der Waals surface area contributed by atoms with Crippen molar-refractivity contribution in [3.05, 3.63) is 54.4 Å². The van der Waals surface area contributed by atoms with Crippen LogP contribution in [0.3, 0.4) is 0 Å². The maximum absolute atomic E-state index is 10.7. The number of nitrogens with zero attached hydrogens (tertiary/aromatic N) is 2. The van der Waals surface area contributed by atoms with Gasteiger partial charge in [0.05, 0.1) is 0 Å². The van der Waals surface area contributed by atoms with Crippen LogP contribution in [0.5, 0.6) is 0 Å². The van der Waals surface area contributed by atoms with Crippen LogP contribution in [-0.4, -0.2) is 20.6 Å². The van der Waals surface area contributed by atoms with E-state index in [9.17, 15) is 4.79 Å². The summed E-state index contributed by atoms with van der Waals surface area (Å²) in [5.74, 6) is -0.0542. The van der Waals surface area contributed by atoms with Gasteiger partial charge in [-0.05, 0) is 6.92 Å². The number of hydrogen-bond donors (Lipinski definition) is 1. The second-order valence-electron chi connectivity index (χ2n) is 3.96. The van der Waals surface area contributed by atoms with Gasteiger partial charge in [0.25, 0.3) is 0 Å². The van der Waals surface area contributed by atoms with Crippen molar-refractivity contribution in [1.82, 2.24) is 9.55 Å². The van der Waals surface area contributed by atoms with Crippen LogP contribution in [0.1, 0.15) is 6.92 Å². The van der Waals surface area contributed by atoms with Crippen molar-refractivity contribution >= 4 is 5.97 Å². The molecule has 1 aromatic carbocycles. The minimum absolute atomic E-state index is 0.336. The van der Waals surface area contributed by atoms with E-state index in [1.807, 2.05) is 41.1 Å². The Morgan fingerprint density at radius 2 is 2.11 bits per heavy atom. The molecule has 0 fully saturated rings. The van der Waals surface area contributed by atoms with Gasteiger partial charge in [-0.15, -0.1) is 0 Å². The minimum atomic E-state index is -0.892. The highest BCUT2D eigenvalue weighted by Gasteiger charge is 2.05. The van der Waals surface area contributed by atoms with E-state index in [0.717, 1.165) is 11.4 Å². The topological polar surface area (TPSA) is 55.1 Å². The van der Waals surface area contributed by atoms with Crippen LogP contribution in [0.4, 0.5) is 0 Å². The summed E-state index contributed by atoms with van der Waals surface area (Å²) >= 11 is 0. The first kappa shape index (κ1) is 12.1. The van der Waals surface area contributed by atoms with E-state index >= 15 is 0 Å². The van der Waals surface area contributed by atoms with E-state index in [-0.39, 0.29) is 0 Å². The van der Waals surface area contributed by atoms with E-state index in [0.29, 0.717) is 12.1 Å². The van der Waals surface area contributed by atoms with Crippen LogP contribution in [-0.2, 0) is 11.3 Å². The molecule has 0 amide bonds. The molecule has 4 heteroatoms. The number of benzene rings is 1.